The van der Waals surface area contributed by atoms with Gasteiger partial charge < -0.3 is 14.8 Å². The lowest BCUT2D eigenvalue weighted by Gasteiger charge is -2.66. The van der Waals surface area contributed by atoms with Crippen LogP contribution in [0.25, 0.3) is 0 Å². The molecule has 0 saturated heterocycles. The summed E-state index contributed by atoms with van der Waals surface area (Å²) in [6.07, 6.45) is 3.10. The first-order chi connectivity index (χ1) is 14.1. The van der Waals surface area contributed by atoms with Crippen molar-refractivity contribution in [3.8, 4) is 5.75 Å². The number of benzene rings is 1. The van der Waals surface area contributed by atoms with Gasteiger partial charge in [-0.25, -0.2) is 0 Å². The number of nitrogens with one attached hydrogen (secondary N) is 1. The summed E-state index contributed by atoms with van der Waals surface area (Å²) in [6, 6.07) is 3.95. The van der Waals surface area contributed by atoms with Crippen molar-refractivity contribution in [3.63, 3.8) is 0 Å². The topological polar surface area (TPSA) is 64.6 Å². The average Bonchev–Trinajstić information content (AvgIpc) is 3.02. The van der Waals surface area contributed by atoms with Crippen molar-refractivity contribution < 1.29 is 19.1 Å². The molecular formula is C24H30BrNO4. The zero-order chi connectivity index (χ0) is 21.6. The zero-order valence-corrected chi connectivity index (χ0v) is 19.9. The summed E-state index contributed by atoms with van der Waals surface area (Å²) in [4.78, 5) is 25.4. The SMILES string of the molecule is COC1NC(=O)c2ccc3c(c21)O[C@@]12CC(Br)C(=O)C(C)(C)[C@@H]1CC[C@H](C)[C@@]2(C)C3. The van der Waals surface area contributed by atoms with E-state index in [0.29, 0.717) is 17.9 Å². The third kappa shape index (κ3) is 2.32. The van der Waals surface area contributed by atoms with Crippen LogP contribution in [0.3, 0.4) is 0 Å². The number of ketones is 1. The Hall–Kier alpha value is -1.40. The van der Waals surface area contributed by atoms with Gasteiger partial charge in [0.05, 0.1) is 16.0 Å². The van der Waals surface area contributed by atoms with Gasteiger partial charge in [-0.05, 0) is 36.8 Å². The molecule has 2 aliphatic carbocycles. The Balaban J connectivity index is 1.74. The fourth-order valence-corrected chi connectivity index (χ4v) is 8.05. The van der Waals surface area contributed by atoms with E-state index >= 15 is 0 Å². The zero-order valence-electron chi connectivity index (χ0n) is 18.3. The van der Waals surface area contributed by atoms with Crippen LogP contribution < -0.4 is 10.1 Å². The van der Waals surface area contributed by atoms with Crippen molar-refractivity contribution >= 4 is 27.6 Å². The Kier molecular flexibility index (Phi) is 4.32. The highest BCUT2D eigenvalue weighted by Gasteiger charge is 2.69. The Labute approximate surface area is 186 Å². The molecule has 0 aromatic heterocycles. The average molecular weight is 476 g/mol. The predicted molar refractivity (Wildman–Crippen MR) is 117 cm³/mol. The number of alkyl halides is 1. The lowest BCUT2D eigenvalue weighted by Crippen LogP contribution is -2.71. The number of ether oxygens (including phenoxy) is 2. The van der Waals surface area contributed by atoms with E-state index in [0.717, 1.165) is 36.1 Å². The number of Topliss-reactive ketones (excluding diaryl/α,β-unsaturated/α-hetero) is 1. The molecular weight excluding hydrogens is 446 g/mol. The third-order valence-corrected chi connectivity index (χ3v) is 9.64. The van der Waals surface area contributed by atoms with E-state index in [2.05, 4.69) is 48.9 Å². The highest BCUT2D eigenvalue weighted by atomic mass is 79.9. The molecule has 5 nitrogen and oxygen atoms in total. The molecule has 2 aliphatic heterocycles. The molecule has 1 N–H and O–H groups in total. The van der Waals surface area contributed by atoms with Crippen molar-refractivity contribution in [1.29, 1.82) is 0 Å². The van der Waals surface area contributed by atoms with Crippen LogP contribution in [-0.2, 0) is 16.0 Å². The standard InChI is InChI=1S/C24H30BrNO4/c1-12-6-9-16-22(2,3)19(27)15(25)11-24(16)23(12,4)10-13-7-8-14-17(18(13)30-24)21(29-5)26-20(14)28/h7-8,12,15-16,21H,6,9-11H2,1-5H3,(H,26,28)/t12-,15?,16-,21?,23+,24-/m0/s1. The van der Waals surface area contributed by atoms with Crippen molar-refractivity contribution in [1.82, 2.24) is 5.32 Å². The maximum atomic E-state index is 13.2. The first-order valence-electron chi connectivity index (χ1n) is 10.9. The molecule has 1 aromatic rings. The Bertz CT molecular complexity index is 959. The molecule has 4 aliphatic rings. The second kappa shape index (κ2) is 6.32. The first-order valence-corrected chi connectivity index (χ1v) is 11.8. The van der Waals surface area contributed by atoms with Crippen molar-refractivity contribution in [3.05, 3.63) is 28.8 Å². The summed E-state index contributed by atoms with van der Waals surface area (Å²) >= 11 is 3.71. The maximum Gasteiger partial charge on any atom is 0.254 e. The monoisotopic (exact) mass is 475 g/mol. The molecule has 6 atom stereocenters. The van der Waals surface area contributed by atoms with Gasteiger partial charge in [0.2, 0.25) is 0 Å². The third-order valence-electron chi connectivity index (χ3n) is 8.90. The van der Waals surface area contributed by atoms with Gasteiger partial charge in [-0.1, -0.05) is 49.7 Å². The van der Waals surface area contributed by atoms with Gasteiger partial charge in [-0.15, -0.1) is 0 Å². The van der Waals surface area contributed by atoms with Crippen molar-refractivity contribution in [2.24, 2.45) is 22.7 Å². The largest absolute Gasteiger partial charge is 0.486 e. The number of fused-ring (bicyclic) bond motifs is 3. The van der Waals surface area contributed by atoms with E-state index < -0.39 is 17.2 Å². The fraction of sp³-hybridized carbons (Fsp3) is 0.667. The minimum Gasteiger partial charge on any atom is -0.486 e. The lowest BCUT2D eigenvalue weighted by molar-refractivity contribution is -0.207. The lowest BCUT2D eigenvalue weighted by atomic mass is 9.44. The smallest absolute Gasteiger partial charge is 0.254 e. The summed E-state index contributed by atoms with van der Waals surface area (Å²) in [6.45, 7) is 8.85. The minimum absolute atomic E-state index is 0.0975. The number of hydrogen-bond acceptors (Lipinski definition) is 4. The molecule has 1 spiro atoms. The molecule has 1 aromatic carbocycles. The van der Waals surface area contributed by atoms with E-state index in [1.54, 1.807) is 7.11 Å². The van der Waals surface area contributed by atoms with Gasteiger partial charge >= 0.3 is 0 Å². The van der Waals surface area contributed by atoms with Crippen molar-refractivity contribution in [2.75, 3.05) is 7.11 Å². The molecule has 2 saturated carbocycles. The number of methoxy groups -OCH3 is 1. The predicted octanol–water partition coefficient (Wildman–Crippen LogP) is 4.56. The second-order valence-corrected chi connectivity index (χ2v) is 11.6. The number of carbonyl (C=O) groups excluding carboxylic acids is 2. The van der Waals surface area contributed by atoms with Crippen LogP contribution in [-0.4, -0.2) is 29.2 Å². The maximum absolute atomic E-state index is 13.2. The molecule has 0 bridgehead atoms. The van der Waals surface area contributed by atoms with Gasteiger partial charge in [0.15, 0.2) is 12.0 Å². The van der Waals surface area contributed by atoms with Crippen LogP contribution in [0.15, 0.2) is 12.1 Å². The van der Waals surface area contributed by atoms with Gasteiger partial charge in [-0.3, -0.25) is 9.59 Å². The summed E-state index contributed by atoms with van der Waals surface area (Å²) in [7, 11) is 1.60. The number of amides is 1. The Morgan fingerprint density at radius 3 is 2.63 bits per heavy atom. The van der Waals surface area contributed by atoms with Gasteiger partial charge in [0.25, 0.3) is 5.91 Å². The Morgan fingerprint density at radius 1 is 1.20 bits per heavy atom. The molecule has 6 heteroatoms. The highest BCUT2D eigenvalue weighted by molar-refractivity contribution is 9.10. The first kappa shape index (κ1) is 20.5. The normalized spacial score (nSPS) is 41.1. The molecule has 5 rings (SSSR count). The number of hydrogen-bond donors (Lipinski definition) is 1. The second-order valence-electron chi connectivity index (χ2n) is 10.5. The summed E-state index contributed by atoms with van der Waals surface area (Å²) < 4.78 is 12.7. The van der Waals surface area contributed by atoms with Crippen LogP contribution in [0.4, 0.5) is 0 Å². The fourth-order valence-electron chi connectivity index (χ4n) is 6.98. The van der Waals surface area contributed by atoms with Gasteiger partial charge in [-0.2, -0.15) is 0 Å². The quantitative estimate of drug-likeness (QED) is 0.604. The van der Waals surface area contributed by atoms with Gasteiger partial charge in [0.1, 0.15) is 11.4 Å². The van der Waals surface area contributed by atoms with Crippen LogP contribution in [0.5, 0.6) is 5.75 Å². The molecule has 162 valence electrons. The van der Waals surface area contributed by atoms with Crippen LogP contribution in [0, 0.1) is 22.7 Å². The summed E-state index contributed by atoms with van der Waals surface area (Å²) in [5, 5.41) is 2.91. The number of halogens is 1. The van der Waals surface area contributed by atoms with Gasteiger partial charge in [0, 0.05) is 30.3 Å². The van der Waals surface area contributed by atoms with E-state index in [4.69, 9.17) is 9.47 Å². The summed E-state index contributed by atoms with van der Waals surface area (Å²) in [5.41, 5.74) is 1.53. The van der Waals surface area contributed by atoms with E-state index in [-0.39, 0.29) is 27.9 Å². The number of carbonyl (C=O) groups is 2. The molecule has 0 radical (unpaired) electrons. The van der Waals surface area contributed by atoms with Crippen LogP contribution in [0.1, 0.15) is 74.7 Å². The number of rotatable bonds is 1. The Morgan fingerprint density at radius 2 is 1.93 bits per heavy atom. The minimum atomic E-state index is -0.499. The van der Waals surface area contributed by atoms with Crippen LogP contribution >= 0.6 is 15.9 Å². The highest BCUT2D eigenvalue weighted by Crippen LogP contribution is 2.66. The van der Waals surface area contributed by atoms with Crippen molar-refractivity contribution in [2.45, 2.75) is 70.0 Å². The van der Waals surface area contributed by atoms with E-state index in [1.807, 2.05) is 12.1 Å². The molecule has 2 fully saturated rings. The molecule has 1 amide bonds. The summed E-state index contributed by atoms with van der Waals surface area (Å²) in [5.74, 6) is 1.54. The van der Waals surface area contributed by atoms with E-state index in [1.165, 1.54) is 0 Å². The van der Waals surface area contributed by atoms with Crippen LogP contribution in [0.2, 0.25) is 0 Å². The van der Waals surface area contributed by atoms with E-state index in [9.17, 15) is 9.59 Å². The molecule has 30 heavy (non-hydrogen) atoms. The molecule has 2 unspecified atom stereocenters. The molecule has 2 heterocycles.